The number of rotatable bonds is 13. The third-order valence-electron chi connectivity index (χ3n) is 12.8. The minimum absolute atomic E-state index is 0.0234. The number of carboxylic acids is 1. The Labute approximate surface area is 301 Å². The molecule has 8 nitrogen and oxygen atoms in total. The van der Waals surface area contributed by atoms with Crippen LogP contribution < -0.4 is 11.1 Å². The lowest BCUT2D eigenvalue weighted by atomic mass is 9.64. The van der Waals surface area contributed by atoms with E-state index in [0.29, 0.717) is 17.6 Å². The average Bonchev–Trinajstić information content (AvgIpc) is 3.90. The normalized spacial score (nSPS) is 21.6. The van der Waals surface area contributed by atoms with Crippen LogP contribution in [0.25, 0.3) is 0 Å². The Morgan fingerprint density at radius 2 is 1.54 bits per heavy atom. The molecule has 5 fully saturated rings. The van der Waals surface area contributed by atoms with Gasteiger partial charge in [0.05, 0.1) is 23.4 Å². The largest absolute Gasteiger partial charge is 0.481 e. The zero-order valence-electron chi connectivity index (χ0n) is 31.1. The van der Waals surface area contributed by atoms with E-state index >= 15 is 0 Å². The minimum Gasteiger partial charge on any atom is -0.481 e. The Balaban J connectivity index is 0.000000151. The van der Waals surface area contributed by atoms with Gasteiger partial charge in [-0.3, -0.25) is 14.4 Å². The van der Waals surface area contributed by atoms with E-state index in [1.165, 1.54) is 77.0 Å². The van der Waals surface area contributed by atoms with Crippen molar-refractivity contribution in [3.63, 3.8) is 0 Å². The molecule has 0 bridgehead atoms. The van der Waals surface area contributed by atoms with Crippen molar-refractivity contribution in [2.45, 2.75) is 161 Å². The number of nitrogens with one attached hydrogen (secondary N) is 1. The number of carbonyl (C=O) groups is 3. The van der Waals surface area contributed by atoms with Gasteiger partial charge in [-0.25, -0.2) is 0 Å². The maximum Gasteiger partial charge on any atom is 0.309 e. The Kier molecular flexibility index (Phi) is 16.0. The lowest BCUT2D eigenvalue weighted by molar-refractivity contribution is -0.149. The van der Waals surface area contributed by atoms with Gasteiger partial charge in [-0.1, -0.05) is 84.5 Å². The summed E-state index contributed by atoms with van der Waals surface area (Å²) in [5, 5.41) is 12.6. The first-order chi connectivity index (χ1) is 24.2. The first kappa shape index (κ1) is 39.8. The molecule has 2 heterocycles. The number of aliphatic carboxylic acids is 1. The van der Waals surface area contributed by atoms with Crippen molar-refractivity contribution >= 4 is 24.0 Å². The minimum atomic E-state index is -0.530. The summed E-state index contributed by atoms with van der Waals surface area (Å²) in [6, 6.07) is 5.74. The predicted octanol–water partition coefficient (Wildman–Crippen LogP) is 10.9. The van der Waals surface area contributed by atoms with Crippen LogP contribution >= 0.6 is 0 Å². The van der Waals surface area contributed by atoms with Gasteiger partial charge < -0.3 is 25.0 Å². The molecular formula is C42H66N2O6. The van der Waals surface area contributed by atoms with E-state index in [0.717, 1.165) is 100 Å². The summed E-state index contributed by atoms with van der Waals surface area (Å²) in [5.41, 5.74) is 6.14. The van der Waals surface area contributed by atoms with Crippen LogP contribution in [0.4, 0.5) is 5.88 Å². The number of furan rings is 2. The highest BCUT2D eigenvalue weighted by Gasteiger charge is 2.48. The quantitative estimate of drug-likeness (QED) is 0.177. The number of hydrogen-bond donors (Lipinski definition) is 3. The Hall–Kier alpha value is -3.03. The molecule has 2 aromatic rings. The first-order valence-electron chi connectivity index (χ1n) is 20.1. The first-order valence-corrected chi connectivity index (χ1v) is 20.1. The van der Waals surface area contributed by atoms with Crippen LogP contribution in [0.3, 0.4) is 0 Å². The van der Waals surface area contributed by atoms with Crippen molar-refractivity contribution in [2.24, 2.45) is 34.3 Å². The topological polar surface area (TPSA) is 136 Å². The van der Waals surface area contributed by atoms with E-state index in [4.69, 9.17) is 14.6 Å². The fraction of sp³-hybridized carbons (Fsp3) is 0.738. The van der Waals surface area contributed by atoms with Gasteiger partial charge in [0, 0.05) is 18.2 Å². The van der Waals surface area contributed by atoms with Crippen molar-refractivity contribution in [3.05, 3.63) is 42.0 Å². The summed E-state index contributed by atoms with van der Waals surface area (Å²) in [6.45, 7) is 5.33. The van der Waals surface area contributed by atoms with Gasteiger partial charge in [0.25, 0.3) is 0 Å². The number of hydrogen-bond acceptors (Lipinski definition) is 6. The standard InChI is InChI=1S/C13H22O2.C10H17NO.C10H14O2.C9H13NO/c14-12(15)13(8-3-4-9-13)10-7-11-5-1-2-6-11;11-9(12)10(6-1-2-7-10)8-4-3-5-8;1-3-4-8(2)9-5-6-12-10(9)7-11;1-3-8(4-1)7-10-9-5-2-6-11-9/h11H,1-10H2,(H,14,15);8H,1-7H2,(H2,11,12);5-8H,3-4H2,1-2H3;2,5-6,8,10H,1,3-4,7H2/t;;8-;/m..1./s1. The molecule has 7 rings (SSSR count). The van der Waals surface area contributed by atoms with E-state index in [1.54, 1.807) is 12.5 Å². The molecule has 0 saturated heterocycles. The van der Waals surface area contributed by atoms with Crippen LogP contribution in [0.5, 0.6) is 0 Å². The van der Waals surface area contributed by atoms with Gasteiger partial charge in [-0.05, 0) is 106 Å². The van der Waals surface area contributed by atoms with E-state index in [-0.39, 0.29) is 16.7 Å². The summed E-state index contributed by atoms with van der Waals surface area (Å²) in [6.07, 6.45) is 30.4. The lowest BCUT2D eigenvalue weighted by Crippen LogP contribution is -2.43. The molecule has 0 aromatic carbocycles. The summed E-state index contributed by atoms with van der Waals surface area (Å²) in [7, 11) is 0. The van der Waals surface area contributed by atoms with E-state index in [1.807, 2.05) is 18.2 Å². The maximum absolute atomic E-state index is 11.4. The van der Waals surface area contributed by atoms with Gasteiger partial charge in [-0.15, -0.1) is 0 Å². The molecule has 1 atom stereocenters. The SMILES string of the molecule is CCC[C@@H](C)c1ccoc1C=O.NC(=O)C1(C2CCC2)CCCC1.O=C(O)C1(CCC2CCCC2)CCCC1.c1coc(NCC2CCC2)c1. The maximum atomic E-state index is 11.4. The predicted molar refractivity (Wildman–Crippen MR) is 199 cm³/mol. The number of primary amides is 1. The lowest BCUT2D eigenvalue weighted by Gasteiger charge is -2.40. The smallest absolute Gasteiger partial charge is 0.309 e. The third kappa shape index (κ3) is 11.0. The van der Waals surface area contributed by atoms with Gasteiger partial charge in [0.1, 0.15) is 0 Å². The fourth-order valence-electron chi connectivity index (χ4n) is 8.97. The molecule has 8 heteroatoms. The van der Waals surface area contributed by atoms with Crippen molar-refractivity contribution in [1.29, 1.82) is 0 Å². The molecular weight excluding hydrogens is 628 g/mol. The molecule has 0 spiro atoms. The van der Waals surface area contributed by atoms with E-state index in [9.17, 15) is 19.5 Å². The molecule has 5 aliphatic carbocycles. The molecule has 50 heavy (non-hydrogen) atoms. The van der Waals surface area contributed by atoms with Gasteiger partial charge in [0.15, 0.2) is 17.9 Å². The highest BCUT2D eigenvalue weighted by atomic mass is 16.4. The monoisotopic (exact) mass is 694 g/mol. The van der Waals surface area contributed by atoms with Gasteiger partial charge in [-0.2, -0.15) is 0 Å². The third-order valence-corrected chi connectivity index (χ3v) is 12.8. The second kappa shape index (κ2) is 20.1. The summed E-state index contributed by atoms with van der Waals surface area (Å²) >= 11 is 0. The highest BCUT2D eigenvalue weighted by molar-refractivity contribution is 5.81. The van der Waals surface area contributed by atoms with Crippen molar-refractivity contribution in [3.8, 4) is 0 Å². The molecule has 0 unspecified atom stereocenters. The summed E-state index contributed by atoms with van der Waals surface area (Å²) in [4.78, 5) is 33.2. The molecule has 4 N–H and O–H groups in total. The number of carboxylic acid groups (broad SMARTS) is 1. The number of aldehydes is 1. The Bertz CT molecular complexity index is 1260. The van der Waals surface area contributed by atoms with E-state index in [2.05, 4.69) is 19.2 Å². The zero-order valence-corrected chi connectivity index (χ0v) is 31.1. The van der Waals surface area contributed by atoms with Crippen LogP contribution in [0.1, 0.15) is 177 Å². The summed E-state index contributed by atoms with van der Waals surface area (Å²) in [5.74, 6) is 3.61. The average molecular weight is 695 g/mol. The molecule has 280 valence electrons. The van der Waals surface area contributed by atoms with E-state index < -0.39 is 5.97 Å². The van der Waals surface area contributed by atoms with Crippen molar-refractivity contribution < 1.29 is 28.3 Å². The molecule has 5 saturated carbocycles. The Morgan fingerprint density at radius 3 is 2.04 bits per heavy atom. The Morgan fingerprint density at radius 1 is 0.900 bits per heavy atom. The zero-order chi connectivity index (χ0) is 35.8. The van der Waals surface area contributed by atoms with Crippen LogP contribution in [0.2, 0.25) is 0 Å². The second-order valence-electron chi connectivity index (χ2n) is 16.0. The number of nitrogens with two attached hydrogens (primary N) is 1. The second-order valence-corrected chi connectivity index (χ2v) is 16.0. The highest BCUT2D eigenvalue weighted by Crippen LogP contribution is 2.51. The molecule has 2 aromatic heterocycles. The molecule has 0 radical (unpaired) electrons. The number of amides is 1. The number of carbonyl (C=O) groups excluding carboxylic acids is 2. The summed E-state index contributed by atoms with van der Waals surface area (Å²) < 4.78 is 10.2. The van der Waals surface area contributed by atoms with Crippen LogP contribution in [-0.2, 0) is 9.59 Å². The van der Waals surface area contributed by atoms with Crippen LogP contribution in [0, 0.1) is 28.6 Å². The van der Waals surface area contributed by atoms with Crippen LogP contribution in [0.15, 0.2) is 39.6 Å². The van der Waals surface area contributed by atoms with Crippen LogP contribution in [-0.4, -0.2) is 29.8 Å². The van der Waals surface area contributed by atoms with Gasteiger partial charge >= 0.3 is 5.97 Å². The fourth-order valence-corrected chi connectivity index (χ4v) is 8.97. The molecule has 5 aliphatic rings. The molecule has 0 aliphatic heterocycles. The van der Waals surface area contributed by atoms with Gasteiger partial charge in [0.2, 0.25) is 5.91 Å². The molecule has 1 amide bonds. The van der Waals surface area contributed by atoms with Crippen molar-refractivity contribution in [1.82, 2.24) is 0 Å². The number of anilines is 1. The van der Waals surface area contributed by atoms with Crippen molar-refractivity contribution in [2.75, 3.05) is 11.9 Å².